The van der Waals surface area contributed by atoms with Gasteiger partial charge in [-0.15, -0.1) is 0 Å². The van der Waals surface area contributed by atoms with Crippen molar-refractivity contribution in [3.63, 3.8) is 0 Å². The summed E-state index contributed by atoms with van der Waals surface area (Å²) in [5.74, 6) is -0.963. The predicted octanol–water partition coefficient (Wildman–Crippen LogP) is 4.64. The van der Waals surface area contributed by atoms with Crippen LogP contribution in [0.15, 0.2) is 53.0 Å². The van der Waals surface area contributed by atoms with E-state index < -0.39 is 5.97 Å². The molecule has 126 valence electrons. The first kappa shape index (κ1) is 17.2. The molecule has 0 amide bonds. The van der Waals surface area contributed by atoms with Gasteiger partial charge in [0, 0.05) is 11.0 Å². The summed E-state index contributed by atoms with van der Waals surface area (Å²) in [5.41, 5.74) is 3.64. The van der Waals surface area contributed by atoms with Gasteiger partial charge >= 0.3 is 5.97 Å². The summed E-state index contributed by atoms with van der Waals surface area (Å²) < 4.78 is 1.05. The highest BCUT2D eigenvalue weighted by Crippen LogP contribution is 2.34. The van der Waals surface area contributed by atoms with Crippen LogP contribution in [0, 0.1) is 12.8 Å². The minimum absolute atomic E-state index is 0.0875. The van der Waals surface area contributed by atoms with Crippen LogP contribution >= 0.6 is 15.9 Å². The zero-order chi connectivity index (χ0) is 17.1. The fraction of sp³-hybridized carbons (Fsp3) is 0.350. The van der Waals surface area contributed by atoms with E-state index in [2.05, 4.69) is 64.2 Å². The number of aryl methyl sites for hydroxylation is 1. The third-order valence-corrected chi connectivity index (χ3v) is 5.18. The second-order valence-electron chi connectivity index (χ2n) is 6.54. The van der Waals surface area contributed by atoms with Crippen molar-refractivity contribution < 1.29 is 9.90 Å². The monoisotopic (exact) mass is 387 g/mol. The van der Waals surface area contributed by atoms with E-state index in [-0.39, 0.29) is 12.0 Å². The molecule has 2 unspecified atom stereocenters. The molecule has 1 heterocycles. The first-order valence-electron chi connectivity index (χ1n) is 8.33. The average Bonchev–Trinajstić information content (AvgIpc) is 2.55. The SMILES string of the molecule is Cc1cccc(C(c2cccc(Br)c2)N2CCCC(C(=O)O)C2)c1. The maximum atomic E-state index is 11.5. The van der Waals surface area contributed by atoms with E-state index in [1.807, 2.05) is 12.1 Å². The Morgan fingerprint density at radius 1 is 1.21 bits per heavy atom. The third kappa shape index (κ3) is 3.87. The topological polar surface area (TPSA) is 40.5 Å². The molecule has 2 aromatic carbocycles. The molecule has 1 saturated heterocycles. The number of carboxylic acids is 1. The summed E-state index contributed by atoms with van der Waals surface area (Å²) in [5, 5.41) is 9.43. The van der Waals surface area contributed by atoms with E-state index in [4.69, 9.17) is 0 Å². The fourth-order valence-corrected chi connectivity index (χ4v) is 3.99. The van der Waals surface area contributed by atoms with Gasteiger partial charge in [0.2, 0.25) is 0 Å². The summed E-state index contributed by atoms with van der Waals surface area (Å²) >= 11 is 3.56. The zero-order valence-electron chi connectivity index (χ0n) is 13.8. The second-order valence-corrected chi connectivity index (χ2v) is 7.46. The Labute approximate surface area is 151 Å². The Bertz CT molecular complexity index is 686. The van der Waals surface area contributed by atoms with Crippen LogP contribution in [0.25, 0.3) is 0 Å². The van der Waals surface area contributed by atoms with Crippen molar-refractivity contribution in [1.82, 2.24) is 4.90 Å². The number of aliphatic carboxylic acids is 1. The molecule has 24 heavy (non-hydrogen) atoms. The summed E-state index contributed by atoms with van der Waals surface area (Å²) in [6.07, 6.45) is 1.69. The van der Waals surface area contributed by atoms with E-state index in [0.717, 1.165) is 23.9 Å². The van der Waals surface area contributed by atoms with Crippen LogP contribution in [0.5, 0.6) is 0 Å². The zero-order valence-corrected chi connectivity index (χ0v) is 15.4. The molecule has 0 radical (unpaired) electrons. The Morgan fingerprint density at radius 2 is 1.92 bits per heavy atom. The molecule has 0 saturated carbocycles. The standard InChI is InChI=1S/C20H22BrNO2/c1-14-5-2-6-15(11-14)19(16-7-3-9-18(21)12-16)22-10-4-8-17(13-22)20(23)24/h2-3,5-7,9,11-12,17,19H,4,8,10,13H2,1H3,(H,23,24). The highest BCUT2D eigenvalue weighted by Gasteiger charge is 2.31. The summed E-state index contributed by atoms with van der Waals surface area (Å²) in [7, 11) is 0. The van der Waals surface area contributed by atoms with Crippen LogP contribution in [-0.4, -0.2) is 29.1 Å². The van der Waals surface area contributed by atoms with E-state index in [1.54, 1.807) is 0 Å². The van der Waals surface area contributed by atoms with Crippen LogP contribution in [0.4, 0.5) is 0 Å². The first-order chi connectivity index (χ1) is 11.5. The van der Waals surface area contributed by atoms with Crippen LogP contribution < -0.4 is 0 Å². The predicted molar refractivity (Wildman–Crippen MR) is 99.1 cm³/mol. The Hall–Kier alpha value is -1.65. The number of hydrogen-bond donors (Lipinski definition) is 1. The van der Waals surface area contributed by atoms with Crippen molar-refractivity contribution in [2.75, 3.05) is 13.1 Å². The van der Waals surface area contributed by atoms with Gasteiger partial charge in [0.05, 0.1) is 12.0 Å². The van der Waals surface area contributed by atoms with Gasteiger partial charge in [0.1, 0.15) is 0 Å². The molecule has 3 rings (SSSR count). The number of rotatable bonds is 4. The maximum absolute atomic E-state index is 11.5. The molecule has 1 aliphatic heterocycles. The normalized spacial score (nSPS) is 19.8. The molecular formula is C20H22BrNO2. The molecule has 1 fully saturated rings. The number of carbonyl (C=O) groups is 1. The number of halogens is 1. The van der Waals surface area contributed by atoms with E-state index >= 15 is 0 Å². The van der Waals surface area contributed by atoms with Crippen LogP contribution in [0.1, 0.15) is 35.6 Å². The third-order valence-electron chi connectivity index (χ3n) is 4.69. The van der Waals surface area contributed by atoms with E-state index in [1.165, 1.54) is 16.7 Å². The lowest BCUT2D eigenvalue weighted by Crippen LogP contribution is -2.41. The minimum atomic E-state index is -0.683. The van der Waals surface area contributed by atoms with Gasteiger partial charge in [-0.3, -0.25) is 9.69 Å². The molecule has 0 aromatic heterocycles. The van der Waals surface area contributed by atoms with E-state index in [0.29, 0.717) is 6.54 Å². The van der Waals surface area contributed by atoms with Gasteiger partial charge in [-0.25, -0.2) is 0 Å². The quantitative estimate of drug-likeness (QED) is 0.830. The average molecular weight is 388 g/mol. The number of benzene rings is 2. The summed E-state index contributed by atoms with van der Waals surface area (Å²) in [6.45, 7) is 3.62. The molecule has 3 nitrogen and oxygen atoms in total. The fourth-order valence-electron chi connectivity index (χ4n) is 3.57. The highest BCUT2D eigenvalue weighted by molar-refractivity contribution is 9.10. The lowest BCUT2D eigenvalue weighted by atomic mass is 9.91. The molecule has 2 aromatic rings. The van der Waals surface area contributed by atoms with Crippen molar-refractivity contribution in [3.05, 3.63) is 69.7 Å². The van der Waals surface area contributed by atoms with Gasteiger partial charge in [-0.05, 0) is 49.6 Å². The molecule has 1 N–H and O–H groups in total. The highest BCUT2D eigenvalue weighted by atomic mass is 79.9. The molecule has 2 atom stereocenters. The van der Waals surface area contributed by atoms with Gasteiger partial charge in [0.25, 0.3) is 0 Å². The number of hydrogen-bond acceptors (Lipinski definition) is 2. The lowest BCUT2D eigenvalue weighted by Gasteiger charge is -2.37. The summed E-state index contributed by atoms with van der Waals surface area (Å²) in [4.78, 5) is 13.8. The first-order valence-corrected chi connectivity index (χ1v) is 9.13. The second kappa shape index (κ2) is 7.49. The van der Waals surface area contributed by atoms with Crippen molar-refractivity contribution in [3.8, 4) is 0 Å². The van der Waals surface area contributed by atoms with Crippen LogP contribution in [0.2, 0.25) is 0 Å². The number of likely N-dealkylation sites (tertiary alicyclic amines) is 1. The van der Waals surface area contributed by atoms with Gasteiger partial charge < -0.3 is 5.11 Å². The number of piperidine rings is 1. The lowest BCUT2D eigenvalue weighted by molar-refractivity contribution is -0.143. The molecule has 4 heteroatoms. The molecule has 0 aliphatic carbocycles. The Morgan fingerprint density at radius 3 is 2.58 bits per heavy atom. The number of nitrogens with zero attached hydrogens (tertiary/aromatic N) is 1. The number of carboxylic acid groups (broad SMARTS) is 1. The van der Waals surface area contributed by atoms with Gasteiger partial charge in [-0.2, -0.15) is 0 Å². The molecule has 0 spiro atoms. The summed E-state index contributed by atoms with van der Waals surface area (Å²) in [6, 6.07) is 16.9. The van der Waals surface area contributed by atoms with Crippen LogP contribution in [-0.2, 0) is 4.79 Å². The maximum Gasteiger partial charge on any atom is 0.307 e. The molecule has 1 aliphatic rings. The largest absolute Gasteiger partial charge is 0.481 e. The molecule has 0 bridgehead atoms. The minimum Gasteiger partial charge on any atom is -0.481 e. The smallest absolute Gasteiger partial charge is 0.307 e. The van der Waals surface area contributed by atoms with Crippen LogP contribution in [0.3, 0.4) is 0 Å². The van der Waals surface area contributed by atoms with Crippen molar-refractivity contribution in [2.45, 2.75) is 25.8 Å². The Kier molecular flexibility index (Phi) is 5.36. The van der Waals surface area contributed by atoms with Gasteiger partial charge in [0.15, 0.2) is 0 Å². The van der Waals surface area contributed by atoms with E-state index in [9.17, 15) is 9.90 Å². The Balaban J connectivity index is 2.00. The van der Waals surface area contributed by atoms with Crippen molar-refractivity contribution >= 4 is 21.9 Å². The van der Waals surface area contributed by atoms with Gasteiger partial charge in [-0.1, -0.05) is 57.9 Å². The van der Waals surface area contributed by atoms with Crippen molar-refractivity contribution in [1.29, 1.82) is 0 Å². The molecular weight excluding hydrogens is 366 g/mol. The van der Waals surface area contributed by atoms with Crippen molar-refractivity contribution in [2.24, 2.45) is 5.92 Å².